The van der Waals surface area contributed by atoms with Crippen LogP contribution in [0.2, 0.25) is 0 Å². The third kappa shape index (κ3) is 7.80. The van der Waals surface area contributed by atoms with Crippen LogP contribution < -0.4 is 10.2 Å². The predicted octanol–water partition coefficient (Wildman–Crippen LogP) is 3.02. The Morgan fingerprint density at radius 3 is 2.48 bits per heavy atom. The van der Waals surface area contributed by atoms with Gasteiger partial charge in [0.1, 0.15) is 0 Å². The van der Waals surface area contributed by atoms with E-state index in [0.717, 1.165) is 62.4 Å². The van der Waals surface area contributed by atoms with Crippen molar-refractivity contribution in [2.45, 2.75) is 13.0 Å². The number of non-ortho nitro benzene ring substituents is 1. The molecule has 1 fully saturated rings. The summed E-state index contributed by atoms with van der Waals surface area (Å²) < 4.78 is 0. The Labute approximate surface area is 203 Å². The second kappa shape index (κ2) is 13.3. The number of hydrogen-bond acceptors (Lipinski definition) is 7. The van der Waals surface area contributed by atoms with Crippen LogP contribution in [0.5, 0.6) is 0 Å². The van der Waals surface area contributed by atoms with Crippen molar-refractivity contribution in [1.82, 2.24) is 20.2 Å². The highest BCUT2D eigenvalue weighted by molar-refractivity contribution is 14.0. The van der Waals surface area contributed by atoms with Gasteiger partial charge in [0.25, 0.3) is 5.69 Å². The maximum Gasteiger partial charge on any atom is 0.269 e. The molecule has 0 unspecified atom stereocenters. The number of benzene rings is 1. The first-order valence-electron chi connectivity index (χ1n) is 9.95. The molecule has 1 aliphatic rings. The maximum absolute atomic E-state index is 10.8. The fourth-order valence-electron chi connectivity index (χ4n) is 3.15. The van der Waals surface area contributed by atoms with Gasteiger partial charge in [0, 0.05) is 57.3 Å². The monoisotopic (exact) mass is 557 g/mol. The van der Waals surface area contributed by atoms with Gasteiger partial charge in [-0.15, -0.1) is 24.0 Å². The van der Waals surface area contributed by atoms with Crippen LogP contribution >= 0.6 is 35.7 Å². The number of hydrogen-bond donors (Lipinski definition) is 1. The minimum atomic E-state index is -0.387. The average Bonchev–Trinajstić information content (AvgIpc) is 2.79. The van der Waals surface area contributed by atoms with Crippen LogP contribution in [0.4, 0.5) is 11.6 Å². The van der Waals surface area contributed by atoms with E-state index in [9.17, 15) is 10.1 Å². The van der Waals surface area contributed by atoms with Crippen LogP contribution in [0.25, 0.3) is 0 Å². The van der Waals surface area contributed by atoms with Crippen LogP contribution in [0.1, 0.15) is 12.0 Å². The molecule has 168 valence electrons. The third-order valence-corrected chi connectivity index (χ3v) is 5.48. The van der Waals surface area contributed by atoms with E-state index in [-0.39, 0.29) is 34.6 Å². The van der Waals surface area contributed by atoms with Crippen LogP contribution in [-0.4, -0.2) is 70.5 Å². The molecule has 0 atom stereocenters. The maximum atomic E-state index is 10.8. The molecule has 0 aliphatic carbocycles. The van der Waals surface area contributed by atoms with Crippen molar-refractivity contribution >= 4 is 53.3 Å². The molecule has 3 rings (SSSR count). The first kappa shape index (κ1) is 25.1. The van der Waals surface area contributed by atoms with Crippen molar-refractivity contribution in [3.8, 4) is 0 Å². The number of aliphatic imine (C=N–C) groups is 1. The molecule has 1 aromatic heterocycles. The minimum absolute atomic E-state index is 0. The largest absolute Gasteiger partial charge is 0.356 e. The number of nitrogens with zero attached hydrogens (tertiary/aromatic N) is 6. The molecule has 1 N–H and O–H groups in total. The van der Waals surface area contributed by atoms with Gasteiger partial charge >= 0.3 is 0 Å². The SMILES string of the molecule is CSCCCNC(=NCc1ccc([N+](=O)[O-])cc1)N1CCN(c2ncccn2)CC1.I. The Balaban J connectivity index is 0.00000341. The lowest BCUT2D eigenvalue weighted by molar-refractivity contribution is -0.384. The standard InChI is InChI=1S/C20H27N7O2S.HI/c1-30-15-3-10-23-20(24-16-17-4-6-18(7-5-17)27(28)29)26-13-11-25(12-14-26)19-21-8-2-9-22-19;/h2,4-9H,3,10-16H2,1H3,(H,23,24);1H. The third-order valence-electron chi connectivity index (χ3n) is 4.78. The summed E-state index contributed by atoms with van der Waals surface area (Å²) in [6.07, 6.45) is 6.70. The molecule has 1 saturated heterocycles. The van der Waals surface area contributed by atoms with E-state index in [1.807, 2.05) is 17.8 Å². The summed E-state index contributed by atoms with van der Waals surface area (Å²) in [5, 5.41) is 14.3. The molecule has 9 nitrogen and oxygen atoms in total. The number of nitro groups is 1. The minimum Gasteiger partial charge on any atom is -0.356 e. The zero-order valence-electron chi connectivity index (χ0n) is 17.5. The van der Waals surface area contributed by atoms with Crippen molar-refractivity contribution in [3.63, 3.8) is 0 Å². The summed E-state index contributed by atoms with van der Waals surface area (Å²) in [4.78, 5) is 28.3. The lowest BCUT2D eigenvalue weighted by Gasteiger charge is -2.36. The smallest absolute Gasteiger partial charge is 0.269 e. The Morgan fingerprint density at radius 2 is 1.87 bits per heavy atom. The van der Waals surface area contributed by atoms with Gasteiger partial charge in [0.05, 0.1) is 11.5 Å². The average molecular weight is 557 g/mol. The van der Waals surface area contributed by atoms with Crippen molar-refractivity contribution in [2.24, 2.45) is 4.99 Å². The molecular weight excluding hydrogens is 529 g/mol. The van der Waals surface area contributed by atoms with Crippen molar-refractivity contribution in [2.75, 3.05) is 49.6 Å². The summed E-state index contributed by atoms with van der Waals surface area (Å²) in [6, 6.07) is 8.39. The first-order valence-corrected chi connectivity index (χ1v) is 11.3. The molecule has 0 spiro atoms. The Hall–Kier alpha value is -2.15. The van der Waals surface area contributed by atoms with Gasteiger partial charge in [-0.25, -0.2) is 15.0 Å². The number of thioether (sulfide) groups is 1. The number of guanidine groups is 1. The summed E-state index contributed by atoms with van der Waals surface area (Å²) in [6.45, 7) is 4.65. The summed E-state index contributed by atoms with van der Waals surface area (Å²) in [5.41, 5.74) is 1.04. The summed E-state index contributed by atoms with van der Waals surface area (Å²) in [5.74, 6) is 2.74. The molecule has 0 radical (unpaired) electrons. The number of piperazine rings is 1. The summed E-state index contributed by atoms with van der Waals surface area (Å²) >= 11 is 1.83. The van der Waals surface area contributed by atoms with E-state index in [0.29, 0.717) is 6.54 Å². The van der Waals surface area contributed by atoms with Crippen molar-refractivity contribution in [3.05, 3.63) is 58.4 Å². The topological polar surface area (TPSA) is 99.8 Å². The second-order valence-electron chi connectivity index (χ2n) is 6.86. The molecule has 0 saturated carbocycles. The Morgan fingerprint density at radius 1 is 1.19 bits per heavy atom. The summed E-state index contributed by atoms with van der Waals surface area (Å²) in [7, 11) is 0. The highest BCUT2D eigenvalue weighted by atomic mass is 127. The lowest BCUT2D eigenvalue weighted by atomic mass is 10.2. The van der Waals surface area contributed by atoms with E-state index in [1.165, 1.54) is 12.1 Å². The van der Waals surface area contributed by atoms with Crippen LogP contribution in [0.15, 0.2) is 47.7 Å². The van der Waals surface area contributed by atoms with Gasteiger partial charge in [-0.05, 0) is 30.1 Å². The van der Waals surface area contributed by atoms with Crippen molar-refractivity contribution < 1.29 is 4.92 Å². The van der Waals surface area contributed by atoms with Crippen molar-refractivity contribution in [1.29, 1.82) is 0 Å². The van der Waals surface area contributed by atoms with Gasteiger partial charge < -0.3 is 15.1 Å². The lowest BCUT2D eigenvalue weighted by Crippen LogP contribution is -2.53. The fraction of sp³-hybridized carbons (Fsp3) is 0.450. The quantitative estimate of drug-likeness (QED) is 0.132. The first-order chi connectivity index (χ1) is 14.7. The number of halogens is 1. The van der Waals surface area contributed by atoms with E-state index in [2.05, 4.69) is 31.3 Å². The van der Waals surface area contributed by atoms with Gasteiger partial charge in [-0.3, -0.25) is 10.1 Å². The van der Waals surface area contributed by atoms with E-state index < -0.39 is 0 Å². The molecule has 0 bridgehead atoms. The zero-order valence-corrected chi connectivity index (χ0v) is 20.7. The number of anilines is 1. The second-order valence-corrected chi connectivity index (χ2v) is 7.85. The number of rotatable bonds is 8. The molecular formula is C20H28IN7O2S. The van der Waals surface area contributed by atoms with E-state index in [4.69, 9.17) is 4.99 Å². The number of aromatic nitrogens is 2. The number of nitrogens with one attached hydrogen (secondary N) is 1. The van der Waals surface area contributed by atoms with Crippen LogP contribution in [0, 0.1) is 10.1 Å². The van der Waals surface area contributed by atoms with E-state index >= 15 is 0 Å². The van der Waals surface area contributed by atoms with Gasteiger partial charge in [-0.2, -0.15) is 11.8 Å². The highest BCUT2D eigenvalue weighted by Crippen LogP contribution is 2.14. The molecule has 31 heavy (non-hydrogen) atoms. The molecule has 0 amide bonds. The van der Waals surface area contributed by atoms with Gasteiger partial charge in [0.2, 0.25) is 5.95 Å². The fourth-order valence-corrected chi connectivity index (χ4v) is 3.58. The molecule has 1 aromatic carbocycles. The highest BCUT2D eigenvalue weighted by Gasteiger charge is 2.21. The molecule has 2 heterocycles. The molecule has 11 heteroatoms. The predicted molar refractivity (Wildman–Crippen MR) is 136 cm³/mol. The molecule has 2 aromatic rings. The normalized spacial score (nSPS) is 14.2. The van der Waals surface area contributed by atoms with Crippen LogP contribution in [-0.2, 0) is 6.54 Å². The van der Waals surface area contributed by atoms with Gasteiger partial charge in [-0.1, -0.05) is 12.1 Å². The van der Waals surface area contributed by atoms with E-state index in [1.54, 1.807) is 24.5 Å². The Kier molecular flexibility index (Phi) is 10.8. The molecule has 1 aliphatic heterocycles. The van der Waals surface area contributed by atoms with Crippen LogP contribution in [0.3, 0.4) is 0 Å². The zero-order chi connectivity index (χ0) is 21.2. The Bertz CT molecular complexity index is 831. The number of nitro benzene ring substituents is 1. The van der Waals surface area contributed by atoms with Gasteiger partial charge in [0.15, 0.2) is 5.96 Å².